The molecule has 0 bridgehead atoms. The summed E-state index contributed by atoms with van der Waals surface area (Å²) in [6.07, 6.45) is 8.01. The fraction of sp³-hybridized carbons (Fsp3) is 0.550. The number of carbonyl (C=O) groups excluding carboxylic acids is 1. The Morgan fingerprint density at radius 1 is 1.15 bits per heavy atom. The molecule has 1 aliphatic heterocycles. The first-order valence-corrected chi connectivity index (χ1v) is 10.9. The van der Waals surface area contributed by atoms with Gasteiger partial charge in [0.25, 0.3) is 0 Å². The lowest BCUT2D eigenvalue weighted by molar-refractivity contribution is -0.124. The van der Waals surface area contributed by atoms with Gasteiger partial charge in [0.2, 0.25) is 15.9 Å². The molecule has 1 aliphatic rings. The van der Waals surface area contributed by atoms with Gasteiger partial charge < -0.3 is 9.64 Å². The minimum absolute atomic E-state index is 0.0904. The number of likely N-dealkylation sites (N-methyl/N-ethyl adjacent to an activating group) is 1. The molecule has 1 fully saturated rings. The minimum atomic E-state index is -3.44. The van der Waals surface area contributed by atoms with E-state index in [-0.39, 0.29) is 5.91 Å². The minimum Gasteiger partial charge on any atom is -0.385 e. The van der Waals surface area contributed by atoms with E-state index >= 15 is 0 Å². The van der Waals surface area contributed by atoms with Crippen LogP contribution in [-0.4, -0.2) is 63.9 Å². The van der Waals surface area contributed by atoms with E-state index in [0.29, 0.717) is 31.1 Å². The molecule has 0 aromatic heterocycles. The molecule has 6 nitrogen and oxygen atoms in total. The van der Waals surface area contributed by atoms with Crippen LogP contribution in [0.25, 0.3) is 6.08 Å². The Morgan fingerprint density at radius 2 is 1.78 bits per heavy atom. The third-order valence-corrected chi connectivity index (χ3v) is 6.63. The Bertz CT molecular complexity index is 721. The molecule has 0 N–H and O–H groups in total. The van der Waals surface area contributed by atoms with Crippen LogP contribution in [0.4, 0.5) is 0 Å². The Balaban J connectivity index is 1.98. The summed E-state index contributed by atoms with van der Waals surface area (Å²) in [7, 11) is -0.0509. The summed E-state index contributed by atoms with van der Waals surface area (Å²) in [5, 5.41) is 0. The van der Waals surface area contributed by atoms with Gasteiger partial charge in [-0.3, -0.25) is 4.79 Å². The second kappa shape index (κ2) is 10.6. The first-order valence-electron chi connectivity index (χ1n) is 9.47. The van der Waals surface area contributed by atoms with Crippen molar-refractivity contribution in [2.75, 3.05) is 40.4 Å². The van der Waals surface area contributed by atoms with Crippen LogP contribution in [0.2, 0.25) is 0 Å². The maximum Gasteiger partial charge on any atom is 0.246 e. The summed E-state index contributed by atoms with van der Waals surface area (Å²) >= 11 is 0. The van der Waals surface area contributed by atoms with E-state index in [9.17, 15) is 13.2 Å². The van der Waals surface area contributed by atoms with Crippen molar-refractivity contribution in [3.05, 3.63) is 35.9 Å². The van der Waals surface area contributed by atoms with Gasteiger partial charge in [-0.1, -0.05) is 25.0 Å². The molecule has 7 heteroatoms. The third-order valence-electron chi connectivity index (χ3n) is 4.72. The zero-order chi connectivity index (χ0) is 19.7. The third kappa shape index (κ3) is 6.45. The standard InChI is InChI=1S/C20H30N2O4S/c1-21(14-7-17-26-2)20(23)13-10-18-8-11-19(12-9-18)27(24,25)22-15-5-3-4-6-16-22/h8-13H,3-7,14-17H2,1-2H3/b13-10+. The predicted molar refractivity (Wildman–Crippen MR) is 107 cm³/mol. The van der Waals surface area contributed by atoms with Crippen LogP contribution < -0.4 is 0 Å². The van der Waals surface area contributed by atoms with Gasteiger partial charge in [-0.25, -0.2) is 8.42 Å². The summed E-state index contributed by atoms with van der Waals surface area (Å²) in [6, 6.07) is 6.71. The van der Waals surface area contributed by atoms with Crippen LogP contribution in [0.15, 0.2) is 35.2 Å². The summed E-state index contributed by atoms with van der Waals surface area (Å²) < 4.78 is 32.1. The van der Waals surface area contributed by atoms with Crippen molar-refractivity contribution in [2.45, 2.75) is 37.0 Å². The molecule has 0 saturated carbocycles. The molecule has 0 radical (unpaired) electrons. The zero-order valence-corrected chi connectivity index (χ0v) is 17.1. The van der Waals surface area contributed by atoms with Gasteiger partial charge in [-0.05, 0) is 43.0 Å². The van der Waals surface area contributed by atoms with Gasteiger partial charge in [-0.2, -0.15) is 4.31 Å². The lowest BCUT2D eigenvalue weighted by Gasteiger charge is -2.19. The van der Waals surface area contributed by atoms with E-state index in [1.54, 1.807) is 53.7 Å². The number of benzene rings is 1. The highest BCUT2D eigenvalue weighted by molar-refractivity contribution is 7.89. The van der Waals surface area contributed by atoms with Crippen LogP contribution >= 0.6 is 0 Å². The van der Waals surface area contributed by atoms with Crippen LogP contribution in [0.3, 0.4) is 0 Å². The molecular weight excluding hydrogens is 364 g/mol. The summed E-state index contributed by atoms with van der Waals surface area (Å²) in [5.74, 6) is -0.0904. The Morgan fingerprint density at radius 3 is 2.37 bits per heavy atom. The zero-order valence-electron chi connectivity index (χ0n) is 16.3. The number of hydrogen-bond donors (Lipinski definition) is 0. The largest absolute Gasteiger partial charge is 0.385 e. The van der Waals surface area contributed by atoms with E-state index in [0.717, 1.165) is 37.7 Å². The molecular formula is C20H30N2O4S. The molecule has 0 aliphatic carbocycles. The fourth-order valence-electron chi connectivity index (χ4n) is 3.03. The number of methoxy groups -OCH3 is 1. The second-order valence-corrected chi connectivity index (χ2v) is 8.76. The van der Waals surface area contributed by atoms with E-state index < -0.39 is 10.0 Å². The predicted octanol–water partition coefficient (Wildman–Crippen LogP) is 2.76. The van der Waals surface area contributed by atoms with Gasteiger partial charge in [0.15, 0.2) is 0 Å². The molecule has 0 unspecified atom stereocenters. The van der Waals surface area contributed by atoms with Crippen molar-refractivity contribution in [1.29, 1.82) is 0 Å². The van der Waals surface area contributed by atoms with Gasteiger partial charge in [0.1, 0.15) is 0 Å². The molecule has 2 rings (SSSR count). The van der Waals surface area contributed by atoms with E-state index in [1.165, 1.54) is 6.08 Å². The number of sulfonamides is 1. The summed E-state index contributed by atoms with van der Waals surface area (Å²) in [4.78, 5) is 14.0. The van der Waals surface area contributed by atoms with E-state index in [2.05, 4.69) is 0 Å². The molecule has 0 atom stereocenters. The first-order chi connectivity index (χ1) is 12.9. The highest BCUT2D eigenvalue weighted by atomic mass is 32.2. The number of carbonyl (C=O) groups is 1. The normalized spacial score (nSPS) is 16.4. The van der Waals surface area contributed by atoms with Crippen molar-refractivity contribution in [3.8, 4) is 0 Å². The molecule has 1 aromatic carbocycles. The van der Waals surface area contributed by atoms with Gasteiger partial charge in [-0.15, -0.1) is 0 Å². The van der Waals surface area contributed by atoms with Crippen LogP contribution in [-0.2, 0) is 19.6 Å². The maximum absolute atomic E-state index is 12.8. The number of amides is 1. The second-order valence-electron chi connectivity index (χ2n) is 6.83. The average molecular weight is 395 g/mol. The summed E-state index contributed by atoms with van der Waals surface area (Å²) in [6.45, 7) is 2.43. The molecule has 1 heterocycles. The molecule has 1 aromatic rings. The Kier molecular flexibility index (Phi) is 8.47. The van der Waals surface area contributed by atoms with Crippen LogP contribution in [0.1, 0.15) is 37.7 Å². The van der Waals surface area contributed by atoms with Crippen molar-refractivity contribution in [2.24, 2.45) is 0 Å². The SMILES string of the molecule is COCCCN(C)C(=O)/C=C/c1ccc(S(=O)(=O)N2CCCCCC2)cc1. The number of nitrogens with zero attached hydrogens (tertiary/aromatic N) is 2. The van der Waals surface area contributed by atoms with Crippen molar-refractivity contribution in [1.82, 2.24) is 9.21 Å². The van der Waals surface area contributed by atoms with E-state index in [1.807, 2.05) is 0 Å². The molecule has 150 valence electrons. The number of ether oxygens (including phenoxy) is 1. The van der Waals surface area contributed by atoms with Crippen molar-refractivity contribution in [3.63, 3.8) is 0 Å². The molecule has 1 amide bonds. The molecule has 0 spiro atoms. The van der Waals surface area contributed by atoms with Gasteiger partial charge in [0.05, 0.1) is 4.90 Å². The van der Waals surface area contributed by atoms with Crippen LogP contribution in [0, 0.1) is 0 Å². The monoisotopic (exact) mass is 394 g/mol. The smallest absolute Gasteiger partial charge is 0.246 e. The molecule has 27 heavy (non-hydrogen) atoms. The lowest BCUT2D eigenvalue weighted by Crippen LogP contribution is -2.31. The van der Waals surface area contributed by atoms with Crippen LogP contribution in [0.5, 0.6) is 0 Å². The molecule has 1 saturated heterocycles. The van der Waals surface area contributed by atoms with Crippen molar-refractivity contribution < 1.29 is 17.9 Å². The maximum atomic E-state index is 12.8. The Hall–Kier alpha value is -1.70. The van der Waals surface area contributed by atoms with Crippen molar-refractivity contribution >= 4 is 22.0 Å². The highest BCUT2D eigenvalue weighted by Gasteiger charge is 2.24. The topological polar surface area (TPSA) is 66.9 Å². The summed E-state index contributed by atoms with van der Waals surface area (Å²) in [5.41, 5.74) is 0.795. The first kappa shape index (κ1) is 21.6. The average Bonchev–Trinajstić information content (AvgIpc) is 2.96. The fourth-order valence-corrected chi connectivity index (χ4v) is 4.55. The van der Waals surface area contributed by atoms with Gasteiger partial charge in [0, 0.05) is 46.5 Å². The van der Waals surface area contributed by atoms with Gasteiger partial charge >= 0.3 is 0 Å². The lowest BCUT2D eigenvalue weighted by atomic mass is 10.2. The number of hydrogen-bond acceptors (Lipinski definition) is 4. The van der Waals surface area contributed by atoms with E-state index in [4.69, 9.17) is 4.74 Å². The Labute approximate surface area is 162 Å². The number of rotatable bonds is 8. The quantitative estimate of drug-likeness (QED) is 0.502. The highest BCUT2D eigenvalue weighted by Crippen LogP contribution is 2.21.